The van der Waals surface area contributed by atoms with E-state index in [1.807, 2.05) is 70.2 Å². The highest BCUT2D eigenvalue weighted by Crippen LogP contribution is 2.23. The van der Waals surface area contributed by atoms with Crippen molar-refractivity contribution in [2.45, 2.75) is 34.3 Å². The number of benzene rings is 2. The molecular weight excluding hydrogens is 262 g/mol. The number of hydrogen-bond donors (Lipinski definition) is 1. The highest BCUT2D eigenvalue weighted by Gasteiger charge is 1.98. The fraction of sp³-hybridized carbons (Fsp3) is 0.333. The van der Waals surface area contributed by atoms with E-state index in [1.54, 1.807) is 13.2 Å². The summed E-state index contributed by atoms with van der Waals surface area (Å²) in [6, 6.07) is 15.1. The van der Waals surface area contributed by atoms with Gasteiger partial charge in [0.05, 0.1) is 6.61 Å². The maximum absolute atomic E-state index is 5.68. The second-order valence-electron chi connectivity index (χ2n) is 3.75. The molecular formula is C18H29NO2. The number of rotatable bonds is 4. The van der Waals surface area contributed by atoms with Gasteiger partial charge >= 0.3 is 0 Å². The van der Waals surface area contributed by atoms with E-state index in [0.29, 0.717) is 12.3 Å². The Labute approximate surface area is 130 Å². The molecule has 0 spiro atoms. The molecule has 3 nitrogen and oxygen atoms in total. The summed E-state index contributed by atoms with van der Waals surface area (Å²) in [5.41, 5.74) is 7.49. The minimum absolute atomic E-state index is 0. The quantitative estimate of drug-likeness (QED) is 0.756. The van der Waals surface area contributed by atoms with Gasteiger partial charge in [-0.05, 0) is 29.8 Å². The minimum Gasteiger partial charge on any atom is -0.457 e. The molecule has 0 heterocycles. The molecule has 0 bridgehead atoms. The van der Waals surface area contributed by atoms with Gasteiger partial charge in [0.25, 0.3) is 0 Å². The highest BCUT2D eigenvalue weighted by atomic mass is 16.5. The van der Waals surface area contributed by atoms with Crippen LogP contribution in [0.1, 0.15) is 34.7 Å². The van der Waals surface area contributed by atoms with E-state index < -0.39 is 0 Å². The lowest BCUT2D eigenvalue weighted by Crippen LogP contribution is -1.89. The molecule has 0 aliphatic heterocycles. The van der Waals surface area contributed by atoms with Crippen molar-refractivity contribution < 1.29 is 10.9 Å². The Morgan fingerprint density at radius 3 is 2.05 bits per heavy atom. The van der Waals surface area contributed by atoms with Crippen LogP contribution in [0.2, 0.25) is 0 Å². The Hall–Kier alpha value is -2.00. The van der Waals surface area contributed by atoms with E-state index in [2.05, 4.69) is 0 Å². The predicted molar refractivity (Wildman–Crippen MR) is 92.9 cm³/mol. The molecule has 2 aromatic carbocycles. The van der Waals surface area contributed by atoms with Crippen LogP contribution in [0.25, 0.3) is 0 Å². The van der Waals surface area contributed by atoms with E-state index in [4.69, 9.17) is 15.2 Å². The molecule has 0 aromatic heterocycles. The van der Waals surface area contributed by atoms with Crippen LogP contribution in [0.4, 0.5) is 5.69 Å². The number of ether oxygens (including phenoxy) is 2. The van der Waals surface area contributed by atoms with E-state index in [1.165, 1.54) is 0 Å². The standard InChI is InChI=1S/C14H15NO2.2C2H6.H2/c1-16-10-11-5-7-13(8-6-11)17-14-4-2-3-12(15)9-14;2*1-2;/h2-9H,10,15H2,1H3;2*1-2H3;1H. The Bertz CT molecular complexity index is 487. The van der Waals surface area contributed by atoms with Gasteiger partial charge < -0.3 is 15.2 Å². The molecule has 0 saturated carbocycles. The van der Waals surface area contributed by atoms with Crippen molar-refractivity contribution in [3.05, 3.63) is 54.1 Å². The second kappa shape index (κ2) is 11.8. The van der Waals surface area contributed by atoms with Crippen molar-refractivity contribution in [2.24, 2.45) is 0 Å². The molecule has 3 heteroatoms. The molecule has 118 valence electrons. The van der Waals surface area contributed by atoms with E-state index >= 15 is 0 Å². The Balaban J connectivity index is 0. The molecule has 0 atom stereocenters. The molecule has 0 aliphatic rings. The average Bonchev–Trinajstić information content (AvgIpc) is 2.54. The van der Waals surface area contributed by atoms with E-state index in [9.17, 15) is 0 Å². The van der Waals surface area contributed by atoms with Crippen LogP contribution in [0.5, 0.6) is 11.5 Å². The average molecular weight is 291 g/mol. The molecule has 2 aromatic rings. The van der Waals surface area contributed by atoms with Crippen molar-refractivity contribution in [1.29, 1.82) is 0 Å². The zero-order valence-electron chi connectivity index (χ0n) is 13.7. The highest BCUT2D eigenvalue weighted by molar-refractivity contribution is 5.45. The van der Waals surface area contributed by atoms with Crippen LogP contribution in [-0.4, -0.2) is 7.11 Å². The van der Waals surface area contributed by atoms with Gasteiger partial charge in [-0.15, -0.1) is 0 Å². The number of anilines is 1. The summed E-state index contributed by atoms with van der Waals surface area (Å²) in [7, 11) is 1.68. The molecule has 0 amide bonds. The van der Waals surface area contributed by atoms with Crippen molar-refractivity contribution in [1.82, 2.24) is 0 Å². The summed E-state index contributed by atoms with van der Waals surface area (Å²) >= 11 is 0. The maximum Gasteiger partial charge on any atom is 0.129 e. The predicted octanol–water partition coefficient (Wildman–Crippen LogP) is 5.51. The van der Waals surface area contributed by atoms with Gasteiger partial charge in [-0.2, -0.15) is 0 Å². The summed E-state index contributed by atoms with van der Waals surface area (Å²) in [5.74, 6) is 1.53. The monoisotopic (exact) mass is 291 g/mol. The Kier molecular flexibility index (Phi) is 10.7. The van der Waals surface area contributed by atoms with Gasteiger partial charge in [0.15, 0.2) is 0 Å². The first-order valence-corrected chi connectivity index (χ1v) is 7.39. The first kappa shape index (κ1) is 19.0. The SMILES string of the molecule is CC.CC.COCc1ccc(Oc2cccc(N)c2)cc1.[HH]. The minimum atomic E-state index is 0. The number of methoxy groups -OCH3 is 1. The summed E-state index contributed by atoms with van der Waals surface area (Å²) in [6.45, 7) is 8.61. The normalized spacial score (nSPS) is 8.81. The molecule has 2 rings (SSSR count). The molecule has 0 aliphatic carbocycles. The third kappa shape index (κ3) is 7.37. The van der Waals surface area contributed by atoms with E-state index in [-0.39, 0.29) is 1.43 Å². The fourth-order valence-corrected chi connectivity index (χ4v) is 1.53. The summed E-state index contributed by atoms with van der Waals surface area (Å²) < 4.78 is 10.7. The van der Waals surface area contributed by atoms with Gasteiger partial charge in [0.2, 0.25) is 0 Å². The Morgan fingerprint density at radius 2 is 1.52 bits per heavy atom. The summed E-state index contributed by atoms with van der Waals surface area (Å²) in [4.78, 5) is 0. The first-order valence-electron chi connectivity index (χ1n) is 7.39. The Morgan fingerprint density at radius 1 is 0.905 bits per heavy atom. The summed E-state index contributed by atoms with van der Waals surface area (Å²) in [5, 5.41) is 0. The lowest BCUT2D eigenvalue weighted by Gasteiger charge is -2.07. The lowest BCUT2D eigenvalue weighted by molar-refractivity contribution is 0.185. The number of nitrogens with two attached hydrogens (primary N) is 1. The zero-order chi connectivity index (χ0) is 16.1. The topological polar surface area (TPSA) is 44.5 Å². The van der Waals surface area contributed by atoms with Crippen LogP contribution in [0.3, 0.4) is 0 Å². The lowest BCUT2D eigenvalue weighted by atomic mass is 10.2. The van der Waals surface area contributed by atoms with Gasteiger partial charge in [-0.25, -0.2) is 0 Å². The van der Waals surface area contributed by atoms with Gasteiger partial charge in [-0.1, -0.05) is 45.9 Å². The van der Waals surface area contributed by atoms with Crippen molar-refractivity contribution in [3.8, 4) is 11.5 Å². The zero-order valence-corrected chi connectivity index (χ0v) is 13.7. The van der Waals surface area contributed by atoms with Crippen LogP contribution in [0.15, 0.2) is 48.5 Å². The van der Waals surface area contributed by atoms with E-state index in [0.717, 1.165) is 17.1 Å². The second-order valence-corrected chi connectivity index (χ2v) is 3.75. The first-order chi connectivity index (χ1) is 10.3. The van der Waals surface area contributed by atoms with Crippen molar-refractivity contribution in [3.63, 3.8) is 0 Å². The molecule has 0 unspecified atom stereocenters. The van der Waals surface area contributed by atoms with Crippen molar-refractivity contribution >= 4 is 5.69 Å². The molecule has 0 radical (unpaired) electrons. The van der Waals surface area contributed by atoms with Crippen LogP contribution >= 0.6 is 0 Å². The van der Waals surface area contributed by atoms with Gasteiger partial charge in [0.1, 0.15) is 11.5 Å². The van der Waals surface area contributed by atoms with Gasteiger partial charge in [-0.3, -0.25) is 0 Å². The number of nitrogen functional groups attached to an aromatic ring is 1. The van der Waals surface area contributed by atoms with Crippen LogP contribution < -0.4 is 10.5 Å². The third-order valence-electron chi connectivity index (χ3n) is 2.33. The molecule has 2 N–H and O–H groups in total. The largest absolute Gasteiger partial charge is 0.457 e. The summed E-state index contributed by atoms with van der Waals surface area (Å²) in [6.07, 6.45) is 0. The molecule has 0 saturated heterocycles. The van der Waals surface area contributed by atoms with Crippen molar-refractivity contribution in [2.75, 3.05) is 12.8 Å². The molecule has 0 fully saturated rings. The third-order valence-corrected chi connectivity index (χ3v) is 2.33. The van der Waals surface area contributed by atoms with Crippen LogP contribution in [0, 0.1) is 0 Å². The smallest absolute Gasteiger partial charge is 0.129 e. The molecule has 21 heavy (non-hydrogen) atoms. The van der Waals surface area contributed by atoms with Gasteiger partial charge in [0, 0.05) is 20.3 Å². The maximum atomic E-state index is 5.68. The fourth-order valence-electron chi connectivity index (χ4n) is 1.53. The number of hydrogen-bond acceptors (Lipinski definition) is 3. The van der Waals surface area contributed by atoms with Crippen LogP contribution in [-0.2, 0) is 11.3 Å².